The van der Waals surface area contributed by atoms with E-state index < -0.39 is 30.3 Å². The van der Waals surface area contributed by atoms with Crippen LogP contribution >= 0.6 is 23.2 Å². The van der Waals surface area contributed by atoms with E-state index in [2.05, 4.69) is 11.6 Å². The molecule has 0 unspecified atom stereocenters. The van der Waals surface area contributed by atoms with Crippen LogP contribution in [0, 0.1) is 5.41 Å². The summed E-state index contributed by atoms with van der Waals surface area (Å²) in [5, 5.41) is 1.13. The van der Waals surface area contributed by atoms with Crippen LogP contribution in [0.2, 0.25) is 10.0 Å². The first-order valence-electron chi connectivity index (χ1n) is 11.9. The first kappa shape index (κ1) is 26.3. The number of pyridine rings is 1. The number of piperidine rings is 1. The molecule has 0 spiro atoms. The molecule has 1 aliphatic rings. The third kappa shape index (κ3) is 5.47. The number of halogens is 4. The van der Waals surface area contributed by atoms with Crippen LogP contribution in [0.15, 0.2) is 85.6 Å². The first-order valence-corrected chi connectivity index (χ1v) is 12.6. The molecule has 1 aliphatic heterocycles. The van der Waals surface area contributed by atoms with Crippen LogP contribution in [-0.2, 0) is 4.79 Å². The second kappa shape index (κ2) is 11.1. The number of likely N-dealkylation sites (tertiary alicyclic amines) is 1. The van der Waals surface area contributed by atoms with E-state index in [1.165, 1.54) is 0 Å². The van der Waals surface area contributed by atoms with Crippen LogP contribution in [0.4, 0.5) is 8.78 Å². The van der Waals surface area contributed by atoms with Crippen molar-refractivity contribution < 1.29 is 13.6 Å². The van der Waals surface area contributed by atoms with E-state index in [1.54, 1.807) is 53.6 Å². The second-order valence-electron chi connectivity index (χ2n) is 9.53. The molecule has 188 valence electrons. The van der Waals surface area contributed by atoms with Gasteiger partial charge < -0.3 is 4.90 Å². The number of carbonyl (C=O) groups excluding carboxylic acids is 1. The van der Waals surface area contributed by atoms with E-state index in [-0.39, 0.29) is 11.8 Å². The van der Waals surface area contributed by atoms with Crippen LogP contribution < -0.4 is 0 Å². The Kier molecular flexibility index (Phi) is 8.11. The average molecular weight is 529 g/mol. The number of hydrogen-bond donors (Lipinski definition) is 0. The van der Waals surface area contributed by atoms with E-state index in [0.29, 0.717) is 28.6 Å². The number of carbonyl (C=O) groups is 1. The topological polar surface area (TPSA) is 33.2 Å². The average Bonchev–Trinajstić information content (AvgIpc) is 2.85. The Morgan fingerprint density at radius 2 is 1.83 bits per heavy atom. The van der Waals surface area contributed by atoms with Gasteiger partial charge >= 0.3 is 0 Å². The van der Waals surface area contributed by atoms with Gasteiger partial charge in [0, 0.05) is 28.6 Å². The number of amides is 1. The van der Waals surface area contributed by atoms with Crippen LogP contribution in [0.1, 0.15) is 61.0 Å². The van der Waals surface area contributed by atoms with Crippen LogP contribution in [0.25, 0.3) is 0 Å². The third-order valence-electron chi connectivity index (χ3n) is 6.95. The number of hydrogen-bond acceptors (Lipinski definition) is 2. The minimum Gasteiger partial charge on any atom is -0.326 e. The van der Waals surface area contributed by atoms with Gasteiger partial charge in [0.25, 0.3) is 0 Å². The molecule has 0 radical (unpaired) electrons. The van der Waals surface area contributed by atoms with Crippen molar-refractivity contribution >= 4 is 29.1 Å². The number of nitrogens with zero attached hydrogens (tertiary/aromatic N) is 2. The van der Waals surface area contributed by atoms with Gasteiger partial charge in [0.05, 0.1) is 23.2 Å². The van der Waals surface area contributed by atoms with Gasteiger partial charge in [-0.15, -0.1) is 6.58 Å². The first-order chi connectivity index (χ1) is 17.2. The number of benzene rings is 2. The van der Waals surface area contributed by atoms with Gasteiger partial charge in [0.2, 0.25) is 12.3 Å². The zero-order chi connectivity index (χ0) is 25.9. The van der Waals surface area contributed by atoms with Gasteiger partial charge in [-0.2, -0.15) is 0 Å². The number of aromatic nitrogens is 1. The van der Waals surface area contributed by atoms with Crippen LogP contribution in [-0.4, -0.2) is 22.2 Å². The molecule has 36 heavy (non-hydrogen) atoms. The molecular weight excluding hydrogens is 501 g/mol. The molecule has 3 aromatic rings. The maximum Gasteiger partial charge on any atom is 0.241 e. The van der Waals surface area contributed by atoms with Crippen LogP contribution in [0.3, 0.4) is 0 Å². The summed E-state index contributed by atoms with van der Waals surface area (Å²) in [7, 11) is 0. The predicted molar refractivity (Wildman–Crippen MR) is 140 cm³/mol. The van der Waals surface area contributed by atoms with Gasteiger partial charge in [-0.3, -0.25) is 9.78 Å². The molecule has 4 atom stereocenters. The molecule has 1 fully saturated rings. The molecular formula is C29H28Cl2F2N2O. The summed E-state index contributed by atoms with van der Waals surface area (Å²) in [6, 6.07) is 18.5. The molecule has 0 aliphatic carbocycles. The van der Waals surface area contributed by atoms with Crippen molar-refractivity contribution in [2.24, 2.45) is 5.41 Å². The summed E-state index contributed by atoms with van der Waals surface area (Å²) in [4.78, 5) is 20.3. The maximum absolute atomic E-state index is 14.3. The molecule has 1 amide bonds. The highest BCUT2D eigenvalue weighted by Crippen LogP contribution is 2.54. The fraction of sp³-hybridized carbons (Fsp3) is 0.310. The van der Waals surface area contributed by atoms with Crippen molar-refractivity contribution in [3.8, 4) is 0 Å². The Morgan fingerprint density at radius 1 is 1.08 bits per heavy atom. The molecule has 4 rings (SSSR count). The van der Waals surface area contributed by atoms with E-state index in [1.807, 2.05) is 37.3 Å². The Balaban J connectivity index is 1.97. The molecule has 0 saturated carbocycles. The summed E-state index contributed by atoms with van der Waals surface area (Å²) < 4.78 is 28.1. The van der Waals surface area contributed by atoms with Gasteiger partial charge in [0.15, 0.2) is 0 Å². The van der Waals surface area contributed by atoms with E-state index in [0.717, 1.165) is 11.1 Å². The number of allylic oxidation sites excluding steroid dienone is 1. The van der Waals surface area contributed by atoms with Crippen molar-refractivity contribution in [2.75, 3.05) is 0 Å². The van der Waals surface area contributed by atoms with E-state index in [9.17, 15) is 13.6 Å². The summed E-state index contributed by atoms with van der Waals surface area (Å²) in [5.74, 6) is -0.409. The standard InChI is InChI=1S/C29H28Cl2F2N2O/c1-3-14-29(2)18-23(20-7-6-8-22(31)16-20)27(19-10-12-21(30)13-11-19)35(28(29)36)25(17-26(32)33)24-9-4-5-15-34-24/h3-13,15-16,23,25-27H,1,14,17-18H2,2H3/t23-,25-,27-,29+/m1/s1. The summed E-state index contributed by atoms with van der Waals surface area (Å²) >= 11 is 12.6. The van der Waals surface area contributed by atoms with Crippen molar-refractivity contribution in [3.05, 3.63) is 112 Å². The normalized spacial score (nSPS) is 23.1. The minimum atomic E-state index is -2.63. The lowest BCUT2D eigenvalue weighted by Crippen LogP contribution is -2.53. The molecule has 3 nitrogen and oxygen atoms in total. The molecule has 0 N–H and O–H groups in total. The van der Waals surface area contributed by atoms with Gasteiger partial charge in [0.1, 0.15) is 0 Å². The van der Waals surface area contributed by atoms with Crippen molar-refractivity contribution in [1.82, 2.24) is 9.88 Å². The highest BCUT2D eigenvalue weighted by atomic mass is 35.5. The fourth-order valence-electron chi connectivity index (χ4n) is 5.35. The largest absolute Gasteiger partial charge is 0.326 e. The Labute approximate surface area is 220 Å². The van der Waals surface area contributed by atoms with Gasteiger partial charge in [-0.05, 0) is 60.4 Å². The monoisotopic (exact) mass is 528 g/mol. The Bertz CT molecular complexity index is 1210. The Morgan fingerprint density at radius 3 is 2.44 bits per heavy atom. The molecule has 7 heteroatoms. The summed E-state index contributed by atoms with van der Waals surface area (Å²) in [5.41, 5.74) is 1.34. The zero-order valence-electron chi connectivity index (χ0n) is 20.0. The van der Waals surface area contributed by atoms with Crippen molar-refractivity contribution in [3.63, 3.8) is 0 Å². The van der Waals surface area contributed by atoms with E-state index in [4.69, 9.17) is 23.2 Å². The lowest BCUT2D eigenvalue weighted by atomic mass is 9.67. The third-order valence-corrected chi connectivity index (χ3v) is 7.44. The Hall–Kier alpha value is -2.76. The minimum absolute atomic E-state index is 0.197. The quantitative estimate of drug-likeness (QED) is 0.275. The SMILES string of the molecule is C=CC[C@@]1(C)C[C@H](c2cccc(Cl)c2)[C@@H](c2ccc(Cl)cc2)N([C@H](CC(F)F)c2ccccn2)C1=O. The van der Waals surface area contributed by atoms with Gasteiger partial charge in [-0.25, -0.2) is 8.78 Å². The predicted octanol–water partition coefficient (Wildman–Crippen LogP) is 8.42. The summed E-state index contributed by atoms with van der Waals surface area (Å²) in [6.45, 7) is 5.76. The second-order valence-corrected chi connectivity index (χ2v) is 10.4. The molecule has 2 aromatic carbocycles. The van der Waals surface area contributed by atoms with Crippen molar-refractivity contribution in [2.45, 2.75) is 50.6 Å². The zero-order valence-corrected chi connectivity index (χ0v) is 21.5. The highest BCUT2D eigenvalue weighted by molar-refractivity contribution is 6.30. The molecule has 2 heterocycles. The molecule has 1 saturated heterocycles. The van der Waals surface area contributed by atoms with E-state index >= 15 is 0 Å². The van der Waals surface area contributed by atoms with Crippen molar-refractivity contribution in [1.29, 1.82) is 0 Å². The molecule has 1 aromatic heterocycles. The smallest absolute Gasteiger partial charge is 0.241 e. The number of rotatable bonds is 8. The maximum atomic E-state index is 14.3. The lowest BCUT2D eigenvalue weighted by Gasteiger charge is -2.52. The van der Waals surface area contributed by atoms with Crippen LogP contribution in [0.5, 0.6) is 0 Å². The molecule has 0 bridgehead atoms. The lowest BCUT2D eigenvalue weighted by molar-refractivity contribution is -0.156. The highest BCUT2D eigenvalue weighted by Gasteiger charge is 2.51. The number of alkyl halides is 2. The van der Waals surface area contributed by atoms with Gasteiger partial charge in [-0.1, -0.05) is 66.5 Å². The fourth-order valence-corrected chi connectivity index (χ4v) is 5.67. The summed E-state index contributed by atoms with van der Waals surface area (Å²) in [6.07, 6.45) is 1.04.